The number of aliphatic hydroxyl groups is 1. The van der Waals surface area contributed by atoms with Gasteiger partial charge in [-0.15, -0.1) is 0 Å². The van der Waals surface area contributed by atoms with Gasteiger partial charge in [0.2, 0.25) is 0 Å². The van der Waals surface area contributed by atoms with Gasteiger partial charge in [0.05, 0.1) is 18.7 Å². The van der Waals surface area contributed by atoms with Crippen LogP contribution in [0, 0.1) is 5.82 Å². The largest absolute Gasteiger partial charge is 0.515 e. The summed E-state index contributed by atoms with van der Waals surface area (Å²) in [4.78, 5) is 0. The van der Waals surface area contributed by atoms with Crippen molar-refractivity contribution < 1.29 is 18.6 Å². The second kappa shape index (κ2) is 9.21. The number of nitrogen functional groups attached to an aromatic ring is 1. The number of aliphatic hydroxyl groups excluding tert-OH is 1. The van der Waals surface area contributed by atoms with Crippen molar-refractivity contribution in [2.45, 2.75) is 6.42 Å². The van der Waals surface area contributed by atoms with E-state index in [0.29, 0.717) is 28.9 Å². The second-order valence-corrected chi connectivity index (χ2v) is 5.13. The number of allylic oxidation sites excluding steroid dienone is 2. The summed E-state index contributed by atoms with van der Waals surface area (Å²) in [7, 11) is 0. The van der Waals surface area contributed by atoms with Crippen LogP contribution in [0.15, 0.2) is 41.8 Å². The summed E-state index contributed by atoms with van der Waals surface area (Å²) in [5, 5.41) is 16.6. The van der Waals surface area contributed by atoms with Crippen LogP contribution in [0.5, 0.6) is 5.75 Å². The normalized spacial score (nSPS) is 12.3. The SMILES string of the molecule is N/N=C\C(=C/O)c1cnn(/C=C\Cc2cc(F)ccc2OCCF)c1N. The minimum atomic E-state index is -0.633. The summed E-state index contributed by atoms with van der Waals surface area (Å²) in [6.07, 6.45) is 7.10. The number of rotatable bonds is 8. The number of hydrogen-bond donors (Lipinski definition) is 3. The van der Waals surface area contributed by atoms with Gasteiger partial charge >= 0.3 is 0 Å². The van der Waals surface area contributed by atoms with Crippen LogP contribution >= 0.6 is 0 Å². The summed E-state index contributed by atoms with van der Waals surface area (Å²) < 4.78 is 32.4. The van der Waals surface area contributed by atoms with Crippen molar-refractivity contribution in [1.82, 2.24) is 9.78 Å². The van der Waals surface area contributed by atoms with Crippen LogP contribution in [0.1, 0.15) is 11.1 Å². The lowest BCUT2D eigenvalue weighted by atomic mass is 10.1. The fourth-order valence-electron chi connectivity index (χ4n) is 2.24. The molecule has 0 saturated carbocycles. The maximum absolute atomic E-state index is 13.4. The fourth-order valence-corrected chi connectivity index (χ4v) is 2.24. The average molecular weight is 363 g/mol. The van der Waals surface area contributed by atoms with E-state index in [9.17, 15) is 13.9 Å². The first kappa shape index (κ1) is 19.0. The van der Waals surface area contributed by atoms with Crippen molar-refractivity contribution >= 4 is 23.8 Å². The van der Waals surface area contributed by atoms with E-state index in [2.05, 4.69) is 10.2 Å². The van der Waals surface area contributed by atoms with Crippen LogP contribution in [0.4, 0.5) is 14.6 Å². The molecule has 0 spiro atoms. The molecule has 7 nitrogen and oxygen atoms in total. The van der Waals surface area contributed by atoms with Gasteiger partial charge in [0.15, 0.2) is 0 Å². The van der Waals surface area contributed by atoms with Gasteiger partial charge in [-0.05, 0) is 24.6 Å². The van der Waals surface area contributed by atoms with E-state index in [4.69, 9.17) is 16.3 Å². The fraction of sp³-hybridized carbons (Fsp3) is 0.176. The van der Waals surface area contributed by atoms with Gasteiger partial charge in [0, 0.05) is 22.9 Å². The number of ether oxygens (including phenoxy) is 1. The number of nitrogens with two attached hydrogens (primary N) is 2. The van der Waals surface area contributed by atoms with Crippen molar-refractivity contribution in [2.24, 2.45) is 10.9 Å². The van der Waals surface area contributed by atoms with Gasteiger partial charge < -0.3 is 21.4 Å². The molecule has 1 aromatic carbocycles. The number of anilines is 1. The molecular weight excluding hydrogens is 344 g/mol. The lowest BCUT2D eigenvalue weighted by molar-refractivity contribution is 0.271. The smallest absolute Gasteiger partial charge is 0.134 e. The predicted molar refractivity (Wildman–Crippen MR) is 96.8 cm³/mol. The summed E-state index contributed by atoms with van der Waals surface area (Å²) in [5.41, 5.74) is 7.29. The lowest BCUT2D eigenvalue weighted by Gasteiger charge is -2.09. The first-order valence-corrected chi connectivity index (χ1v) is 7.65. The van der Waals surface area contributed by atoms with Crippen molar-refractivity contribution in [2.75, 3.05) is 19.0 Å². The molecule has 5 N–H and O–H groups in total. The molecule has 1 heterocycles. The Morgan fingerprint density at radius 1 is 1.42 bits per heavy atom. The van der Waals surface area contributed by atoms with Crippen molar-refractivity contribution in [3.8, 4) is 5.75 Å². The van der Waals surface area contributed by atoms with Gasteiger partial charge in [-0.25, -0.2) is 13.5 Å². The number of nitrogens with zero attached hydrogens (tertiary/aromatic N) is 3. The van der Waals surface area contributed by atoms with Crippen LogP contribution in [0.2, 0.25) is 0 Å². The minimum Gasteiger partial charge on any atom is -0.515 e. The first-order valence-electron chi connectivity index (χ1n) is 7.65. The maximum atomic E-state index is 13.4. The zero-order valence-electron chi connectivity index (χ0n) is 13.8. The summed E-state index contributed by atoms with van der Waals surface area (Å²) in [6.45, 7) is -0.733. The molecule has 2 rings (SSSR count). The van der Waals surface area contributed by atoms with Crippen LogP contribution in [-0.4, -0.2) is 34.4 Å². The van der Waals surface area contributed by atoms with E-state index in [1.165, 1.54) is 35.3 Å². The van der Waals surface area contributed by atoms with Gasteiger partial charge in [0.25, 0.3) is 0 Å². The molecule has 2 aromatic rings. The standard InChI is InChI=1S/C17H19F2N5O2/c18-5-7-26-16-4-3-14(19)8-12(16)2-1-6-24-17(20)15(10-23-24)13(11-25)9-22-21/h1,3-4,6,8-11,25H,2,5,7,20-21H2/b6-1-,13-11+,22-9-. The van der Waals surface area contributed by atoms with E-state index in [1.807, 2.05) is 0 Å². The van der Waals surface area contributed by atoms with Crippen LogP contribution in [0.3, 0.4) is 0 Å². The molecule has 0 atom stereocenters. The van der Waals surface area contributed by atoms with Crippen LogP contribution < -0.4 is 16.3 Å². The van der Waals surface area contributed by atoms with Gasteiger partial charge in [-0.2, -0.15) is 10.2 Å². The van der Waals surface area contributed by atoms with Crippen LogP contribution in [0.25, 0.3) is 11.8 Å². The zero-order chi connectivity index (χ0) is 18.9. The third-order valence-electron chi connectivity index (χ3n) is 3.44. The molecule has 0 unspecified atom stereocenters. The first-order chi connectivity index (χ1) is 12.6. The summed E-state index contributed by atoms with van der Waals surface area (Å²) >= 11 is 0. The molecule has 26 heavy (non-hydrogen) atoms. The highest BCUT2D eigenvalue weighted by molar-refractivity contribution is 6.10. The Balaban J connectivity index is 2.17. The van der Waals surface area contributed by atoms with E-state index < -0.39 is 12.5 Å². The molecule has 0 bridgehead atoms. The molecule has 0 radical (unpaired) electrons. The number of alkyl halides is 1. The number of benzene rings is 1. The molecule has 0 amide bonds. The van der Waals surface area contributed by atoms with Gasteiger partial charge in [0.1, 0.15) is 30.7 Å². The highest BCUT2D eigenvalue weighted by Gasteiger charge is 2.10. The number of hydrogen-bond acceptors (Lipinski definition) is 6. The third kappa shape index (κ3) is 4.59. The van der Waals surface area contributed by atoms with Gasteiger partial charge in [-0.1, -0.05) is 6.08 Å². The molecule has 9 heteroatoms. The van der Waals surface area contributed by atoms with Crippen molar-refractivity contribution in [3.63, 3.8) is 0 Å². The maximum Gasteiger partial charge on any atom is 0.134 e. The molecule has 1 aromatic heterocycles. The Labute approximate surface area is 148 Å². The minimum absolute atomic E-state index is 0.100. The Bertz CT molecular complexity index is 831. The quantitative estimate of drug-likeness (QED) is 0.289. The average Bonchev–Trinajstić information content (AvgIpc) is 2.99. The molecule has 0 aliphatic carbocycles. The number of halogens is 2. The summed E-state index contributed by atoms with van der Waals surface area (Å²) in [6, 6.07) is 4.03. The number of hydrazone groups is 1. The predicted octanol–water partition coefficient (Wildman–Crippen LogP) is 2.51. The number of aromatic nitrogens is 2. The Hall–Kier alpha value is -3.36. The lowest BCUT2D eigenvalue weighted by Crippen LogP contribution is -2.02. The van der Waals surface area contributed by atoms with E-state index in [-0.39, 0.29) is 12.4 Å². The molecule has 0 saturated heterocycles. The molecule has 0 aliphatic heterocycles. The highest BCUT2D eigenvalue weighted by Crippen LogP contribution is 2.22. The van der Waals surface area contributed by atoms with E-state index >= 15 is 0 Å². The molecular formula is C17H19F2N5O2. The zero-order valence-corrected chi connectivity index (χ0v) is 13.8. The Morgan fingerprint density at radius 2 is 2.23 bits per heavy atom. The third-order valence-corrected chi connectivity index (χ3v) is 3.44. The molecule has 138 valence electrons. The van der Waals surface area contributed by atoms with Crippen molar-refractivity contribution in [3.05, 3.63) is 53.7 Å². The van der Waals surface area contributed by atoms with Gasteiger partial charge in [-0.3, -0.25) is 0 Å². The topological polar surface area (TPSA) is 112 Å². The Morgan fingerprint density at radius 3 is 2.92 bits per heavy atom. The van der Waals surface area contributed by atoms with E-state index in [0.717, 1.165) is 6.26 Å². The van der Waals surface area contributed by atoms with Crippen LogP contribution in [-0.2, 0) is 6.42 Å². The summed E-state index contributed by atoms with van der Waals surface area (Å²) in [5.74, 6) is 5.33. The molecule has 0 fully saturated rings. The Kier molecular flexibility index (Phi) is 6.72. The monoisotopic (exact) mass is 363 g/mol. The van der Waals surface area contributed by atoms with Crippen molar-refractivity contribution in [1.29, 1.82) is 0 Å². The second-order valence-electron chi connectivity index (χ2n) is 5.13. The van der Waals surface area contributed by atoms with E-state index in [1.54, 1.807) is 12.3 Å². The highest BCUT2D eigenvalue weighted by atomic mass is 19.1. The molecule has 0 aliphatic rings.